The second-order valence-corrected chi connectivity index (χ2v) is 8.41. The van der Waals surface area contributed by atoms with Crippen LogP contribution in [0.1, 0.15) is 57.1 Å². The monoisotopic (exact) mass is 491 g/mol. The van der Waals surface area contributed by atoms with Crippen molar-refractivity contribution < 1.29 is 23.8 Å². The second-order valence-electron chi connectivity index (χ2n) is 7.85. The fourth-order valence-corrected chi connectivity index (χ4v) is 4.82. The van der Waals surface area contributed by atoms with E-state index in [0.717, 1.165) is 36.8 Å². The molecule has 1 aromatic rings. The van der Waals surface area contributed by atoms with Gasteiger partial charge in [-0.2, -0.15) is 0 Å². The second kappa shape index (κ2) is 10.4. The Morgan fingerprint density at radius 3 is 2.26 bits per heavy atom. The van der Waals surface area contributed by atoms with E-state index in [9.17, 15) is 9.59 Å². The number of aliphatic imine (C=N–C) groups is 1. The minimum atomic E-state index is -1.23. The van der Waals surface area contributed by atoms with E-state index in [1.54, 1.807) is 13.8 Å². The van der Waals surface area contributed by atoms with Crippen molar-refractivity contribution in [3.63, 3.8) is 0 Å². The van der Waals surface area contributed by atoms with E-state index >= 15 is 0 Å². The molecule has 0 spiro atoms. The van der Waals surface area contributed by atoms with Crippen LogP contribution in [0, 0.1) is 6.92 Å². The molecule has 3 rings (SSSR count). The Hall–Kier alpha value is -2.15. The summed E-state index contributed by atoms with van der Waals surface area (Å²) in [4.78, 5) is 31.0. The summed E-state index contributed by atoms with van der Waals surface area (Å²) in [5.41, 5.74) is 0.813. The molecule has 2 aliphatic rings. The quantitative estimate of drug-likeness (QED) is 0.405. The van der Waals surface area contributed by atoms with E-state index in [0.29, 0.717) is 0 Å². The van der Waals surface area contributed by atoms with Crippen LogP contribution in [0.15, 0.2) is 40.4 Å². The molecule has 1 aromatic carbocycles. The van der Waals surface area contributed by atoms with Gasteiger partial charge < -0.3 is 14.2 Å². The number of carbonyl (C=O) groups is 2. The van der Waals surface area contributed by atoms with Gasteiger partial charge in [0.05, 0.1) is 24.6 Å². The van der Waals surface area contributed by atoms with Gasteiger partial charge in [0.1, 0.15) is 11.1 Å². The van der Waals surface area contributed by atoms with Crippen molar-refractivity contribution in [3.05, 3.63) is 46.5 Å². The van der Waals surface area contributed by atoms with Gasteiger partial charge in [0.25, 0.3) is 0 Å². The maximum absolute atomic E-state index is 13.2. The number of esters is 2. The molecule has 1 atom stereocenters. The van der Waals surface area contributed by atoms with Crippen molar-refractivity contribution in [2.75, 3.05) is 18.5 Å². The predicted octanol–water partition coefficient (Wildman–Crippen LogP) is 4.77. The Morgan fingerprint density at radius 1 is 1.06 bits per heavy atom. The predicted molar refractivity (Wildman–Crippen MR) is 122 cm³/mol. The average molecular weight is 492 g/mol. The van der Waals surface area contributed by atoms with Crippen LogP contribution in [0.2, 0.25) is 0 Å². The summed E-state index contributed by atoms with van der Waals surface area (Å²) in [6.07, 6.45) is 5.23. The molecule has 1 heterocycles. The molecule has 1 aliphatic carbocycles. The van der Waals surface area contributed by atoms with E-state index in [4.69, 9.17) is 19.2 Å². The normalized spacial score (nSPS) is 23.0. The maximum atomic E-state index is 13.2. The third kappa shape index (κ3) is 4.86. The van der Waals surface area contributed by atoms with Gasteiger partial charge in [0.15, 0.2) is 5.60 Å². The van der Waals surface area contributed by atoms with E-state index < -0.39 is 17.5 Å². The smallest absolute Gasteiger partial charge is 0.344 e. The number of alkyl halides is 1. The zero-order valence-corrected chi connectivity index (χ0v) is 20.0. The number of hydrogen-bond acceptors (Lipinski definition) is 6. The zero-order valence-electron chi connectivity index (χ0n) is 18.4. The number of halogens is 1. The first-order valence-electron chi connectivity index (χ1n) is 11.0. The molecule has 6 nitrogen and oxygen atoms in total. The van der Waals surface area contributed by atoms with E-state index in [1.807, 2.05) is 31.2 Å². The third-order valence-electron chi connectivity index (χ3n) is 5.68. The number of nitrogens with zero attached hydrogens (tertiary/aromatic N) is 1. The van der Waals surface area contributed by atoms with E-state index in [2.05, 4.69) is 15.9 Å². The third-order valence-corrected chi connectivity index (χ3v) is 6.47. The Morgan fingerprint density at radius 2 is 1.68 bits per heavy atom. The molecule has 7 heteroatoms. The first-order valence-corrected chi connectivity index (χ1v) is 12.1. The Balaban J connectivity index is 2.21. The van der Waals surface area contributed by atoms with E-state index in [1.165, 1.54) is 6.42 Å². The SMILES string of the molecule is CCOC(=O)C1=C(C(=O)OCC)C(CBr)(c2ccc(C)cc2)OC1=NC1CCCCC1. The molecule has 0 saturated heterocycles. The van der Waals surface area contributed by atoms with Crippen LogP contribution in [0.3, 0.4) is 0 Å². The van der Waals surface area contributed by atoms with Crippen molar-refractivity contribution >= 4 is 33.8 Å². The standard InChI is InChI=1S/C24H30BrNO5/c1-4-29-22(27)19-20(23(28)30-5-2)24(15-25,17-13-11-16(3)12-14-17)31-21(19)26-18-9-7-6-8-10-18/h11-14,18H,4-10,15H2,1-3H3. The Labute approximate surface area is 192 Å². The highest BCUT2D eigenvalue weighted by atomic mass is 79.9. The van der Waals surface area contributed by atoms with Crippen LogP contribution in [0.25, 0.3) is 0 Å². The Kier molecular flexibility index (Phi) is 7.92. The number of aryl methyl sites for hydroxylation is 1. The minimum Gasteiger partial charge on any atom is -0.462 e. The van der Waals surface area contributed by atoms with Crippen LogP contribution in [-0.2, 0) is 29.4 Å². The van der Waals surface area contributed by atoms with Crippen molar-refractivity contribution in [3.8, 4) is 0 Å². The summed E-state index contributed by atoms with van der Waals surface area (Å²) in [5, 5.41) is 0.254. The van der Waals surface area contributed by atoms with Crippen molar-refractivity contribution in [2.45, 2.75) is 64.5 Å². The lowest BCUT2D eigenvalue weighted by molar-refractivity contribution is -0.142. The highest BCUT2D eigenvalue weighted by molar-refractivity contribution is 9.09. The summed E-state index contributed by atoms with van der Waals surface area (Å²) in [5.74, 6) is -1.04. The number of rotatable bonds is 7. The topological polar surface area (TPSA) is 74.2 Å². The van der Waals surface area contributed by atoms with Crippen LogP contribution in [0.5, 0.6) is 0 Å². The van der Waals surface area contributed by atoms with Crippen LogP contribution >= 0.6 is 15.9 Å². The lowest BCUT2D eigenvalue weighted by Crippen LogP contribution is -2.35. The summed E-state index contributed by atoms with van der Waals surface area (Å²) in [7, 11) is 0. The number of benzene rings is 1. The maximum Gasteiger partial charge on any atom is 0.344 e. The van der Waals surface area contributed by atoms with Gasteiger partial charge in [0, 0.05) is 5.56 Å². The van der Waals surface area contributed by atoms with Gasteiger partial charge in [0.2, 0.25) is 5.90 Å². The highest BCUT2D eigenvalue weighted by Gasteiger charge is 2.53. The summed E-state index contributed by atoms with van der Waals surface area (Å²) in [6.45, 7) is 5.81. The number of carbonyl (C=O) groups excluding carboxylic acids is 2. The van der Waals surface area contributed by atoms with Crippen molar-refractivity contribution in [1.82, 2.24) is 0 Å². The van der Waals surface area contributed by atoms with Gasteiger partial charge in [-0.1, -0.05) is 65.0 Å². The van der Waals surface area contributed by atoms with Gasteiger partial charge in [-0.05, 0) is 33.6 Å². The first-order chi connectivity index (χ1) is 15.0. The van der Waals surface area contributed by atoms with Gasteiger partial charge in [-0.25, -0.2) is 14.6 Å². The molecule has 1 fully saturated rings. The number of ether oxygens (including phenoxy) is 3. The fourth-order valence-electron chi connectivity index (χ4n) is 4.10. The number of hydrogen-bond donors (Lipinski definition) is 0. The molecule has 0 amide bonds. The molecule has 168 valence electrons. The van der Waals surface area contributed by atoms with Crippen LogP contribution in [-0.4, -0.2) is 42.4 Å². The summed E-state index contributed by atoms with van der Waals surface area (Å²) < 4.78 is 17.1. The molecular formula is C24H30BrNO5. The molecule has 0 radical (unpaired) electrons. The summed E-state index contributed by atoms with van der Waals surface area (Å²) >= 11 is 3.54. The lowest BCUT2D eigenvalue weighted by Gasteiger charge is -2.29. The largest absolute Gasteiger partial charge is 0.462 e. The molecular weight excluding hydrogens is 462 g/mol. The summed E-state index contributed by atoms with van der Waals surface area (Å²) in [6, 6.07) is 7.77. The van der Waals surface area contributed by atoms with Crippen molar-refractivity contribution in [2.24, 2.45) is 4.99 Å². The van der Waals surface area contributed by atoms with Gasteiger partial charge >= 0.3 is 11.9 Å². The molecule has 1 unspecified atom stereocenters. The molecule has 0 bridgehead atoms. The van der Waals surface area contributed by atoms with Crippen LogP contribution < -0.4 is 0 Å². The average Bonchev–Trinajstić information content (AvgIpc) is 3.10. The van der Waals surface area contributed by atoms with Crippen LogP contribution in [0.4, 0.5) is 0 Å². The van der Waals surface area contributed by atoms with E-state index in [-0.39, 0.29) is 41.6 Å². The minimum absolute atomic E-state index is 0.0563. The molecule has 1 aliphatic heterocycles. The zero-order chi connectivity index (χ0) is 22.4. The Bertz CT molecular complexity index is 870. The van der Waals surface area contributed by atoms with Gasteiger partial charge in [-0.15, -0.1) is 0 Å². The first kappa shape index (κ1) is 23.5. The molecule has 31 heavy (non-hydrogen) atoms. The van der Waals surface area contributed by atoms with Gasteiger partial charge in [-0.3, -0.25) is 0 Å². The molecule has 0 N–H and O–H groups in total. The highest BCUT2D eigenvalue weighted by Crippen LogP contribution is 2.45. The fraction of sp³-hybridized carbons (Fsp3) is 0.542. The van der Waals surface area contributed by atoms with Crippen molar-refractivity contribution in [1.29, 1.82) is 0 Å². The molecule has 1 saturated carbocycles. The molecule has 0 aromatic heterocycles. The lowest BCUT2D eigenvalue weighted by atomic mass is 9.86.